The van der Waals surface area contributed by atoms with E-state index >= 15 is 0 Å². The van der Waals surface area contributed by atoms with Crippen LogP contribution < -0.4 is 14.4 Å². The van der Waals surface area contributed by atoms with Gasteiger partial charge in [0.05, 0.1) is 14.2 Å². The third-order valence-corrected chi connectivity index (χ3v) is 4.15. The lowest BCUT2D eigenvalue weighted by molar-refractivity contribution is 0.247. The molecular formula is C17H22N4O3. The van der Waals surface area contributed by atoms with Gasteiger partial charge < -0.3 is 19.5 Å². The lowest BCUT2D eigenvalue weighted by Gasteiger charge is -2.34. The largest absolute Gasteiger partial charge is 0.502 e. The Bertz CT molecular complexity index is 648. The first-order valence-electron chi connectivity index (χ1n) is 7.89. The van der Waals surface area contributed by atoms with Crippen molar-refractivity contribution in [2.75, 3.05) is 45.3 Å². The van der Waals surface area contributed by atoms with Gasteiger partial charge in [-0.1, -0.05) is 0 Å². The smallest absolute Gasteiger partial charge is 0.225 e. The quantitative estimate of drug-likeness (QED) is 0.891. The van der Waals surface area contributed by atoms with Gasteiger partial charge in [0.2, 0.25) is 11.7 Å². The van der Waals surface area contributed by atoms with Crippen LogP contribution in [0.1, 0.15) is 5.56 Å². The van der Waals surface area contributed by atoms with Gasteiger partial charge in [0, 0.05) is 45.1 Å². The molecule has 1 aromatic carbocycles. The van der Waals surface area contributed by atoms with Crippen molar-refractivity contribution in [1.29, 1.82) is 0 Å². The SMILES string of the molecule is COc1cc(CN2CCN(c3ncccn3)CC2)cc(OC)c1O. The maximum absolute atomic E-state index is 10.00. The first-order chi connectivity index (χ1) is 11.7. The number of aromatic hydroxyl groups is 1. The van der Waals surface area contributed by atoms with Gasteiger partial charge >= 0.3 is 0 Å². The van der Waals surface area contributed by atoms with Crippen LogP contribution in [0.2, 0.25) is 0 Å². The summed E-state index contributed by atoms with van der Waals surface area (Å²) in [6.45, 7) is 4.39. The van der Waals surface area contributed by atoms with Crippen LogP contribution in [0.25, 0.3) is 0 Å². The molecule has 24 heavy (non-hydrogen) atoms. The molecule has 0 atom stereocenters. The number of methoxy groups -OCH3 is 2. The van der Waals surface area contributed by atoms with Crippen LogP contribution in [-0.4, -0.2) is 60.4 Å². The van der Waals surface area contributed by atoms with Crippen LogP contribution in [0.3, 0.4) is 0 Å². The van der Waals surface area contributed by atoms with Gasteiger partial charge in [-0.2, -0.15) is 0 Å². The summed E-state index contributed by atoms with van der Waals surface area (Å²) in [5.41, 5.74) is 1.05. The minimum Gasteiger partial charge on any atom is -0.502 e. The molecule has 128 valence electrons. The molecule has 0 amide bonds. The van der Waals surface area contributed by atoms with E-state index in [1.54, 1.807) is 12.4 Å². The second kappa shape index (κ2) is 7.35. The number of ether oxygens (including phenoxy) is 2. The fourth-order valence-corrected chi connectivity index (χ4v) is 2.86. The number of nitrogens with zero attached hydrogens (tertiary/aromatic N) is 4. The lowest BCUT2D eigenvalue weighted by Crippen LogP contribution is -2.46. The van der Waals surface area contributed by atoms with Gasteiger partial charge in [0.25, 0.3) is 0 Å². The summed E-state index contributed by atoms with van der Waals surface area (Å²) in [6.07, 6.45) is 3.54. The summed E-state index contributed by atoms with van der Waals surface area (Å²) < 4.78 is 10.4. The Morgan fingerprint density at radius 3 is 2.12 bits per heavy atom. The van der Waals surface area contributed by atoms with Crippen molar-refractivity contribution in [1.82, 2.24) is 14.9 Å². The molecule has 1 N–H and O–H groups in total. The molecule has 1 saturated heterocycles. The minimum absolute atomic E-state index is 0.0368. The molecule has 0 bridgehead atoms. The first kappa shape index (κ1) is 16.3. The zero-order valence-corrected chi connectivity index (χ0v) is 14.0. The molecule has 1 aromatic heterocycles. The average Bonchev–Trinajstić information content (AvgIpc) is 2.64. The van der Waals surface area contributed by atoms with E-state index in [0.29, 0.717) is 11.5 Å². The summed E-state index contributed by atoms with van der Waals surface area (Å²) in [5, 5.41) is 10.00. The van der Waals surface area contributed by atoms with E-state index in [9.17, 15) is 5.11 Å². The predicted octanol–water partition coefficient (Wildman–Crippen LogP) is 1.52. The summed E-state index contributed by atoms with van der Waals surface area (Å²) >= 11 is 0. The molecule has 1 aliphatic rings. The van der Waals surface area contributed by atoms with Crippen LogP contribution in [0, 0.1) is 0 Å². The monoisotopic (exact) mass is 330 g/mol. The average molecular weight is 330 g/mol. The zero-order chi connectivity index (χ0) is 16.9. The Kier molecular flexibility index (Phi) is 5.00. The van der Waals surface area contributed by atoms with E-state index in [0.717, 1.165) is 44.2 Å². The molecule has 0 aliphatic carbocycles. The Balaban J connectivity index is 1.64. The van der Waals surface area contributed by atoms with E-state index in [1.807, 2.05) is 18.2 Å². The van der Waals surface area contributed by atoms with Crippen molar-refractivity contribution >= 4 is 5.95 Å². The topological polar surface area (TPSA) is 71.0 Å². The number of aromatic nitrogens is 2. The van der Waals surface area contributed by atoms with E-state index in [2.05, 4.69) is 19.8 Å². The summed E-state index contributed by atoms with van der Waals surface area (Å²) in [5.74, 6) is 1.68. The van der Waals surface area contributed by atoms with Crippen LogP contribution in [0.5, 0.6) is 17.2 Å². The molecule has 7 nitrogen and oxygen atoms in total. The third kappa shape index (κ3) is 3.51. The Labute approximate surface area is 141 Å². The van der Waals surface area contributed by atoms with E-state index < -0.39 is 0 Å². The minimum atomic E-state index is 0.0368. The van der Waals surface area contributed by atoms with Gasteiger partial charge in [-0.15, -0.1) is 0 Å². The van der Waals surface area contributed by atoms with Crippen LogP contribution in [0.15, 0.2) is 30.6 Å². The summed E-state index contributed by atoms with van der Waals surface area (Å²) in [7, 11) is 3.08. The molecule has 0 radical (unpaired) electrons. The summed E-state index contributed by atoms with van der Waals surface area (Å²) in [6, 6.07) is 5.53. The molecule has 0 spiro atoms. The fourth-order valence-electron chi connectivity index (χ4n) is 2.86. The molecule has 3 rings (SSSR count). The highest BCUT2D eigenvalue weighted by Crippen LogP contribution is 2.37. The molecule has 1 fully saturated rings. The van der Waals surface area contributed by atoms with Crippen LogP contribution in [0.4, 0.5) is 5.95 Å². The number of benzene rings is 1. The molecule has 1 aliphatic heterocycles. The van der Waals surface area contributed by atoms with Gasteiger partial charge in [-0.05, 0) is 23.8 Å². The first-order valence-corrected chi connectivity index (χ1v) is 7.89. The van der Waals surface area contributed by atoms with Crippen molar-refractivity contribution in [2.45, 2.75) is 6.54 Å². The number of hydrogen-bond donors (Lipinski definition) is 1. The van der Waals surface area contributed by atoms with Gasteiger partial charge in [-0.25, -0.2) is 9.97 Å². The molecule has 0 unspecified atom stereocenters. The van der Waals surface area contributed by atoms with Crippen molar-refractivity contribution < 1.29 is 14.6 Å². The van der Waals surface area contributed by atoms with E-state index in [4.69, 9.17) is 9.47 Å². The molecule has 7 heteroatoms. The molecule has 0 saturated carbocycles. The number of hydrogen-bond acceptors (Lipinski definition) is 7. The van der Waals surface area contributed by atoms with Gasteiger partial charge in [-0.3, -0.25) is 4.90 Å². The predicted molar refractivity (Wildman–Crippen MR) is 90.7 cm³/mol. The normalized spacial score (nSPS) is 15.3. The van der Waals surface area contributed by atoms with Crippen molar-refractivity contribution in [3.8, 4) is 17.2 Å². The molecular weight excluding hydrogens is 308 g/mol. The second-order valence-electron chi connectivity index (χ2n) is 5.66. The highest BCUT2D eigenvalue weighted by atomic mass is 16.5. The Hall–Kier alpha value is -2.54. The lowest BCUT2D eigenvalue weighted by atomic mass is 10.1. The highest BCUT2D eigenvalue weighted by molar-refractivity contribution is 5.52. The molecule has 2 heterocycles. The zero-order valence-electron chi connectivity index (χ0n) is 14.0. The van der Waals surface area contributed by atoms with Crippen molar-refractivity contribution in [3.05, 3.63) is 36.2 Å². The highest BCUT2D eigenvalue weighted by Gasteiger charge is 2.20. The second-order valence-corrected chi connectivity index (χ2v) is 5.66. The maximum atomic E-state index is 10.00. The number of piperazine rings is 1. The number of anilines is 1. The third-order valence-electron chi connectivity index (χ3n) is 4.15. The van der Waals surface area contributed by atoms with Crippen LogP contribution in [-0.2, 0) is 6.54 Å². The Morgan fingerprint density at radius 2 is 1.58 bits per heavy atom. The van der Waals surface area contributed by atoms with Gasteiger partial charge in [0.1, 0.15) is 0 Å². The van der Waals surface area contributed by atoms with Crippen LogP contribution >= 0.6 is 0 Å². The Morgan fingerprint density at radius 1 is 1.00 bits per heavy atom. The summed E-state index contributed by atoms with van der Waals surface area (Å²) in [4.78, 5) is 13.1. The van der Waals surface area contributed by atoms with Crippen molar-refractivity contribution in [3.63, 3.8) is 0 Å². The fraction of sp³-hybridized carbons (Fsp3) is 0.412. The number of rotatable bonds is 5. The maximum Gasteiger partial charge on any atom is 0.225 e. The molecule has 2 aromatic rings. The van der Waals surface area contributed by atoms with E-state index in [-0.39, 0.29) is 5.75 Å². The number of phenolic OH excluding ortho intramolecular Hbond substituents is 1. The standard InChI is InChI=1S/C17H22N4O3/c1-23-14-10-13(11-15(24-2)16(14)22)12-20-6-8-21(9-7-20)17-18-4-3-5-19-17/h3-5,10-11,22H,6-9,12H2,1-2H3. The van der Waals surface area contributed by atoms with E-state index in [1.165, 1.54) is 14.2 Å². The number of phenols is 1. The van der Waals surface area contributed by atoms with Crippen molar-refractivity contribution in [2.24, 2.45) is 0 Å². The van der Waals surface area contributed by atoms with Gasteiger partial charge in [0.15, 0.2) is 11.5 Å².